The van der Waals surface area contributed by atoms with Crippen molar-refractivity contribution < 1.29 is 0 Å². The molecule has 0 radical (unpaired) electrons. The molecule has 1 N–H and O–H groups in total. The number of aryl methyl sites for hydroxylation is 2. The van der Waals surface area contributed by atoms with Gasteiger partial charge in [-0.25, -0.2) is 0 Å². The highest BCUT2D eigenvalue weighted by molar-refractivity contribution is 6.32. The van der Waals surface area contributed by atoms with Crippen molar-refractivity contribution in [2.24, 2.45) is 0 Å². The first-order valence-electron chi connectivity index (χ1n) is 9.61. The molecule has 0 aliphatic rings. The van der Waals surface area contributed by atoms with E-state index < -0.39 is 0 Å². The Bertz CT molecular complexity index is 1160. The van der Waals surface area contributed by atoms with Crippen molar-refractivity contribution in [1.29, 1.82) is 0 Å². The molecule has 0 fully saturated rings. The van der Waals surface area contributed by atoms with E-state index in [4.69, 9.17) is 23.2 Å². The number of anilines is 1. The van der Waals surface area contributed by atoms with Crippen LogP contribution in [-0.4, -0.2) is 4.98 Å². The smallest absolute Gasteiger partial charge is 0.0702 e. The van der Waals surface area contributed by atoms with E-state index >= 15 is 0 Å². The van der Waals surface area contributed by atoms with Gasteiger partial charge in [-0.15, -0.1) is 0 Å². The van der Waals surface area contributed by atoms with Crippen LogP contribution in [0.5, 0.6) is 0 Å². The lowest BCUT2D eigenvalue weighted by Gasteiger charge is -2.14. The summed E-state index contributed by atoms with van der Waals surface area (Å²) in [5.41, 5.74) is 7.66. The topological polar surface area (TPSA) is 24.9 Å². The van der Waals surface area contributed by atoms with E-state index in [9.17, 15) is 0 Å². The molecule has 3 aromatic carbocycles. The van der Waals surface area contributed by atoms with Gasteiger partial charge >= 0.3 is 0 Å². The minimum Gasteiger partial charge on any atom is -0.381 e. The molecule has 0 aliphatic carbocycles. The Morgan fingerprint density at radius 1 is 0.897 bits per heavy atom. The summed E-state index contributed by atoms with van der Waals surface area (Å²) in [5.74, 6) is 0. The van der Waals surface area contributed by atoms with E-state index in [1.165, 1.54) is 0 Å². The molecule has 0 bridgehead atoms. The number of nitrogens with zero attached hydrogens (tertiary/aromatic N) is 1. The van der Waals surface area contributed by atoms with Gasteiger partial charge < -0.3 is 5.32 Å². The standard InChI is InChI=1S/C25H22Cl2N2/c1-16-7-8-20(23(26)9-16)15-28-21-10-17(2)22(24(27)13-21)12-18-11-19-5-3-4-6-25(19)29-14-18/h3-11,13-14,28H,12,15H2,1-2H3. The average molecular weight is 421 g/mol. The van der Waals surface area contributed by atoms with Crippen LogP contribution in [0.2, 0.25) is 10.0 Å². The molecule has 0 saturated heterocycles. The molecule has 0 spiro atoms. The maximum absolute atomic E-state index is 6.65. The largest absolute Gasteiger partial charge is 0.381 e. The zero-order valence-corrected chi connectivity index (χ0v) is 18.0. The van der Waals surface area contributed by atoms with Gasteiger partial charge in [0.1, 0.15) is 0 Å². The van der Waals surface area contributed by atoms with Crippen LogP contribution in [0.4, 0.5) is 5.69 Å². The number of aromatic nitrogens is 1. The predicted octanol–water partition coefficient (Wildman–Crippen LogP) is 7.36. The number of hydrogen-bond donors (Lipinski definition) is 1. The maximum Gasteiger partial charge on any atom is 0.0702 e. The minimum absolute atomic E-state index is 0.656. The molecule has 4 rings (SSSR count). The van der Waals surface area contributed by atoms with E-state index in [-0.39, 0.29) is 0 Å². The number of fused-ring (bicyclic) bond motifs is 1. The number of benzene rings is 3. The van der Waals surface area contributed by atoms with Gasteiger partial charge in [0.25, 0.3) is 0 Å². The number of halogens is 2. The lowest BCUT2D eigenvalue weighted by molar-refractivity contribution is 1.12. The predicted molar refractivity (Wildman–Crippen MR) is 124 cm³/mol. The van der Waals surface area contributed by atoms with Gasteiger partial charge in [-0.1, -0.05) is 53.5 Å². The molecule has 0 unspecified atom stereocenters. The Hall–Kier alpha value is -2.55. The van der Waals surface area contributed by atoms with Crippen LogP contribution in [0.1, 0.15) is 27.8 Å². The lowest BCUT2D eigenvalue weighted by Crippen LogP contribution is -2.02. The Kier molecular flexibility index (Phi) is 5.75. The quantitative estimate of drug-likeness (QED) is 0.364. The molecule has 1 heterocycles. The fourth-order valence-electron chi connectivity index (χ4n) is 3.51. The van der Waals surface area contributed by atoms with Crippen LogP contribution >= 0.6 is 23.2 Å². The van der Waals surface area contributed by atoms with Gasteiger partial charge in [0.15, 0.2) is 0 Å². The number of hydrogen-bond acceptors (Lipinski definition) is 2. The van der Waals surface area contributed by atoms with E-state index in [1.54, 1.807) is 0 Å². The van der Waals surface area contributed by atoms with Crippen molar-refractivity contribution in [2.45, 2.75) is 26.8 Å². The lowest BCUT2D eigenvalue weighted by atomic mass is 9.99. The van der Waals surface area contributed by atoms with Crippen molar-refractivity contribution in [3.05, 3.63) is 105 Å². The van der Waals surface area contributed by atoms with Crippen molar-refractivity contribution in [3.63, 3.8) is 0 Å². The zero-order valence-electron chi connectivity index (χ0n) is 16.5. The molecule has 0 amide bonds. The van der Waals surface area contributed by atoms with E-state index in [2.05, 4.69) is 47.6 Å². The van der Waals surface area contributed by atoms with Crippen LogP contribution in [0, 0.1) is 13.8 Å². The highest BCUT2D eigenvalue weighted by Crippen LogP contribution is 2.29. The minimum atomic E-state index is 0.656. The molecule has 4 heteroatoms. The van der Waals surface area contributed by atoms with E-state index in [1.807, 2.05) is 43.5 Å². The highest BCUT2D eigenvalue weighted by Gasteiger charge is 2.10. The van der Waals surface area contributed by atoms with Crippen molar-refractivity contribution in [1.82, 2.24) is 4.98 Å². The fourth-order valence-corrected chi connectivity index (χ4v) is 4.15. The van der Waals surface area contributed by atoms with Crippen LogP contribution < -0.4 is 5.32 Å². The second-order valence-corrected chi connectivity index (χ2v) is 8.23. The number of pyridine rings is 1. The van der Waals surface area contributed by atoms with Crippen LogP contribution in [-0.2, 0) is 13.0 Å². The second-order valence-electron chi connectivity index (χ2n) is 7.41. The van der Waals surface area contributed by atoms with E-state index in [0.717, 1.165) is 60.9 Å². The zero-order chi connectivity index (χ0) is 20.4. The van der Waals surface area contributed by atoms with Gasteiger partial charge in [0.2, 0.25) is 0 Å². The number of nitrogens with one attached hydrogen (secondary N) is 1. The first-order chi connectivity index (χ1) is 14.0. The molecule has 29 heavy (non-hydrogen) atoms. The van der Waals surface area contributed by atoms with Gasteiger partial charge in [0, 0.05) is 40.3 Å². The summed E-state index contributed by atoms with van der Waals surface area (Å²) in [6.45, 7) is 4.79. The Labute approximate surface area is 181 Å². The molecule has 0 atom stereocenters. The van der Waals surface area contributed by atoms with Gasteiger partial charge in [-0.3, -0.25) is 4.98 Å². The summed E-state index contributed by atoms with van der Waals surface area (Å²) < 4.78 is 0. The summed E-state index contributed by atoms with van der Waals surface area (Å²) in [7, 11) is 0. The molecule has 0 saturated carbocycles. The second kappa shape index (κ2) is 8.44. The van der Waals surface area contributed by atoms with Crippen LogP contribution in [0.3, 0.4) is 0 Å². The third kappa shape index (κ3) is 4.55. The number of para-hydroxylation sites is 1. The average Bonchev–Trinajstić information content (AvgIpc) is 2.70. The highest BCUT2D eigenvalue weighted by atomic mass is 35.5. The first kappa shape index (κ1) is 19.8. The molecular formula is C25H22Cl2N2. The Morgan fingerprint density at radius 3 is 2.52 bits per heavy atom. The Balaban J connectivity index is 1.53. The van der Waals surface area contributed by atoms with Gasteiger partial charge in [0.05, 0.1) is 5.52 Å². The number of rotatable bonds is 5. The fraction of sp³-hybridized carbons (Fsp3) is 0.160. The summed E-state index contributed by atoms with van der Waals surface area (Å²) in [4.78, 5) is 4.56. The summed E-state index contributed by atoms with van der Waals surface area (Å²) in [5, 5.41) is 6.12. The third-order valence-electron chi connectivity index (χ3n) is 5.14. The van der Waals surface area contributed by atoms with Gasteiger partial charge in [-0.2, -0.15) is 0 Å². The van der Waals surface area contributed by atoms with Crippen molar-refractivity contribution >= 4 is 39.8 Å². The monoisotopic (exact) mass is 420 g/mol. The van der Waals surface area contributed by atoms with E-state index in [0.29, 0.717) is 6.54 Å². The van der Waals surface area contributed by atoms with Crippen molar-refractivity contribution in [2.75, 3.05) is 5.32 Å². The normalized spacial score (nSPS) is 11.0. The Morgan fingerprint density at radius 2 is 1.72 bits per heavy atom. The molecule has 2 nitrogen and oxygen atoms in total. The molecule has 146 valence electrons. The maximum atomic E-state index is 6.65. The molecule has 0 aliphatic heterocycles. The van der Waals surface area contributed by atoms with Crippen LogP contribution in [0.15, 0.2) is 66.9 Å². The molecule has 1 aromatic heterocycles. The van der Waals surface area contributed by atoms with Crippen molar-refractivity contribution in [3.8, 4) is 0 Å². The molecular weight excluding hydrogens is 399 g/mol. The SMILES string of the molecule is Cc1ccc(CNc2cc(C)c(Cc3cnc4ccccc4c3)c(Cl)c2)c(Cl)c1. The first-order valence-corrected chi connectivity index (χ1v) is 10.4. The van der Waals surface area contributed by atoms with Crippen LogP contribution in [0.25, 0.3) is 10.9 Å². The molecule has 4 aromatic rings. The van der Waals surface area contributed by atoms with Gasteiger partial charge in [-0.05, 0) is 72.0 Å². The third-order valence-corrected chi connectivity index (χ3v) is 5.83. The summed E-state index contributed by atoms with van der Waals surface area (Å²) in [6.07, 6.45) is 2.69. The summed E-state index contributed by atoms with van der Waals surface area (Å²) in [6, 6.07) is 20.6. The summed E-state index contributed by atoms with van der Waals surface area (Å²) >= 11 is 13.0.